The van der Waals surface area contributed by atoms with Crippen molar-refractivity contribution in [2.75, 3.05) is 27.3 Å². The molecule has 49 heavy (non-hydrogen) atoms. The molecule has 1 aliphatic rings. The Hall–Kier alpha value is -4.29. The van der Waals surface area contributed by atoms with Gasteiger partial charge >= 0.3 is 0 Å². The number of nitrogens with one attached hydrogen (secondary N) is 2. The van der Waals surface area contributed by atoms with Gasteiger partial charge in [0.25, 0.3) is 0 Å². The average Bonchev–Trinajstić information content (AvgIpc) is 3.53. The molecule has 1 fully saturated rings. The normalized spacial score (nSPS) is 13.8. The van der Waals surface area contributed by atoms with Gasteiger partial charge in [0.15, 0.2) is 17.2 Å². The second-order valence-corrected chi connectivity index (χ2v) is 13.1. The molecule has 0 aliphatic carbocycles. The number of halogens is 2. The van der Waals surface area contributed by atoms with Crippen molar-refractivity contribution in [3.63, 3.8) is 0 Å². The maximum atomic E-state index is 11.7. The van der Waals surface area contributed by atoms with E-state index in [1.807, 2.05) is 53.6 Å². The molecule has 4 aromatic heterocycles. The number of fused-ring (bicyclic) bond motifs is 1. The third kappa shape index (κ3) is 7.50. The molecule has 13 heteroatoms. The van der Waals surface area contributed by atoms with E-state index < -0.39 is 0 Å². The molecule has 0 spiro atoms. The Balaban J connectivity index is 1.28. The van der Waals surface area contributed by atoms with Gasteiger partial charge in [-0.1, -0.05) is 61.3 Å². The molecular weight excluding hydrogens is 663 g/mol. The molecule has 1 amide bonds. The van der Waals surface area contributed by atoms with E-state index in [4.69, 9.17) is 47.7 Å². The molecule has 0 saturated carbocycles. The van der Waals surface area contributed by atoms with Crippen molar-refractivity contribution in [2.45, 2.75) is 58.8 Å². The summed E-state index contributed by atoms with van der Waals surface area (Å²) >= 11 is 14.2. The van der Waals surface area contributed by atoms with Crippen molar-refractivity contribution < 1.29 is 14.3 Å². The largest absolute Gasteiger partial charge is 0.493 e. The maximum absolute atomic E-state index is 11.7. The number of aromatic nitrogens is 5. The number of benzene rings is 1. The summed E-state index contributed by atoms with van der Waals surface area (Å²) in [5.41, 5.74) is 5.73. The molecule has 5 heterocycles. The highest BCUT2D eigenvalue weighted by atomic mass is 35.5. The van der Waals surface area contributed by atoms with Crippen LogP contribution in [0.1, 0.15) is 45.0 Å². The summed E-state index contributed by atoms with van der Waals surface area (Å²) in [5.74, 6) is 1.84. The molecule has 2 N–H and O–H groups in total. The van der Waals surface area contributed by atoms with Crippen molar-refractivity contribution in [3.8, 4) is 45.3 Å². The van der Waals surface area contributed by atoms with Gasteiger partial charge < -0.3 is 25.0 Å². The van der Waals surface area contributed by atoms with Crippen LogP contribution in [-0.4, -0.2) is 74.8 Å². The Bertz CT molecular complexity index is 1970. The Morgan fingerprint density at radius 3 is 2.45 bits per heavy atom. The summed E-state index contributed by atoms with van der Waals surface area (Å²) in [6, 6.07) is 14.1. The van der Waals surface area contributed by atoms with Crippen molar-refractivity contribution in [3.05, 3.63) is 76.3 Å². The van der Waals surface area contributed by atoms with E-state index >= 15 is 0 Å². The zero-order valence-electron chi connectivity index (χ0n) is 28.3. The van der Waals surface area contributed by atoms with Gasteiger partial charge in [-0.25, -0.2) is 14.5 Å². The van der Waals surface area contributed by atoms with Crippen LogP contribution in [0.4, 0.5) is 0 Å². The number of methoxy groups -OCH3 is 2. The summed E-state index contributed by atoms with van der Waals surface area (Å²) < 4.78 is 13.0. The topological polar surface area (TPSA) is 119 Å². The minimum Gasteiger partial charge on any atom is -0.493 e. The lowest BCUT2D eigenvalue weighted by Gasteiger charge is -2.31. The van der Waals surface area contributed by atoms with E-state index in [1.54, 1.807) is 31.9 Å². The lowest BCUT2D eigenvalue weighted by atomic mass is 10.00. The van der Waals surface area contributed by atoms with Crippen LogP contribution in [-0.2, 0) is 17.9 Å². The molecule has 1 aliphatic heterocycles. The number of likely N-dealkylation sites (tertiary alicyclic amines) is 1. The first-order valence-electron chi connectivity index (χ1n) is 16.3. The predicted octanol–water partition coefficient (Wildman–Crippen LogP) is 6.44. The average molecular weight is 704 g/mol. The number of carbonyl (C=O) groups is 1. The minimum atomic E-state index is 0.120. The Morgan fingerprint density at radius 1 is 0.980 bits per heavy atom. The van der Waals surface area contributed by atoms with Gasteiger partial charge in [0.1, 0.15) is 0 Å². The Kier molecular flexibility index (Phi) is 10.6. The van der Waals surface area contributed by atoms with Crippen LogP contribution in [0.5, 0.6) is 11.6 Å². The van der Waals surface area contributed by atoms with Gasteiger partial charge in [0.2, 0.25) is 11.8 Å². The number of ether oxygens (including phenoxy) is 2. The Morgan fingerprint density at radius 2 is 1.73 bits per heavy atom. The van der Waals surface area contributed by atoms with E-state index in [9.17, 15) is 4.79 Å². The summed E-state index contributed by atoms with van der Waals surface area (Å²) in [6.45, 7) is 8.44. The molecule has 0 bridgehead atoms. The van der Waals surface area contributed by atoms with Gasteiger partial charge in [-0.05, 0) is 31.0 Å². The third-order valence-corrected chi connectivity index (χ3v) is 9.50. The van der Waals surface area contributed by atoms with Gasteiger partial charge in [0, 0.05) is 78.9 Å². The number of hydrogen-bond acceptors (Lipinski definition) is 9. The fourth-order valence-corrected chi connectivity index (χ4v) is 6.67. The molecular formula is C36H40Cl2N8O3. The first-order valence-corrected chi connectivity index (χ1v) is 17.1. The van der Waals surface area contributed by atoms with E-state index in [-0.39, 0.29) is 5.91 Å². The van der Waals surface area contributed by atoms with Gasteiger partial charge in [0.05, 0.1) is 42.2 Å². The van der Waals surface area contributed by atoms with E-state index in [0.717, 1.165) is 48.2 Å². The molecule has 0 atom stereocenters. The lowest BCUT2D eigenvalue weighted by molar-refractivity contribution is -0.129. The number of amides is 1. The van der Waals surface area contributed by atoms with Gasteiger partial charge in [-0.15, -0.1) is 5.10 Å². The van der Waals surface area contributed by atoms with Crippen LogP contribution in [0.15, 0.2) is 54.9 Å². The SMILES string of the molecule is COc1nc(-c2cccc(-c3ccnc(-c4cc(OC)c5nc(CNC6CCN(C(C)=O)CC6)nn5c4)c3Cl)c2Cl)ccc1CNC(C)C. The van der Waals surface area contributed by atoms with E-state index in [2.05, 4.69) is 29.5 Å². The van der Waals surface area contributed by atoms with E-state index in [0.29, 0.717) is 75.3 Å². The number of pyridine rings is 3. The number of carbonyl (C=O) groups excluding carboxylic acids is 1. The summed E-state index contributed by atoms with van der Waals surface area (Å²) in [6.07, 6.45) is 5.34. The second-order valence-electron chi connectivity index (χ2n) is 12.3. The molecule has 1 aromatic carbocycles. The predicted molar refractivity (Wildman–Crippen MR) is 192 cm³/mol. The number of piperidine rings is 1. The van der Waals surface area contributed by atoms with Gasteiger partial charge in [-0.2, -0.15) is 0 Å². The molecule has 0 unspecified atom stereocenters. The minimum absolute atomic E-state index is 0.120. The van der Waals surface area contributed by atoms with Gasteiger partial charge in [-0.3, -0.25) is 9.78 Å². The zero-order chi connectivity index (χ0) is 34.7. The van der Waals surface area contributed by atoms with Crippen molar-refractivity contribution in [1.82, 2.24) is 40.1 Å². The summed E-state index contributed by atoms with van der Waals surface area (Å²) in [7, 11) is 3.22. The zero-order valence-corrected chi connectivity index (χ0v) is 29.8. The van der Waals surface area contributed by atoms with Crippen molar-refractivity contribution in [2.24, 2.45) is 0 Å². The number of hydrogen-bond donors (Lipinski definition) is 2. The second kappa shape index (κ2) is 15.1. The molecule has 256 valence electrons. The van der Waals surface area contributed by atoms with Crippen LogP contribution >= 0.6 is 23.2 Å². The fourth-order valence-electron chi connectivity index (χ4n) is 6.02. The van der Waals surface area contributed by atoms with Crippen LogP contribution < -0.4 is 20.1 Å². The number of nitrogens with zero attached hydrogens (tertiary/aromatic N) is 6. The molecule has 0 radical (unpaired) electrons. The molecule has 11 nitrogen and oxygen atoms in total. The fraction of sp³-hybridized carbons (Fsp3) is 0.361. The quantitative estimate of drug-likeness (QED) is 0.160. The summed E-state index contributed by atoms with van der Waals surface area (Å²) in [4.78, 5) is 27.7. The standard InChI is InChI=1S/C36H40Cl2N8O3/c1-21(2)40-18-23-9-10-29(42-36(23)49-5)28-8-6-7-26(32(28)37)27-11-14-39-34(33(27)38)24-17-30(48-4)35-43-31(44-46(35)20-24)19-41-25-12-15-45(16-13-25)22(3)47/h6-11,14,17,20-21,25,40-41H,12-13,15-16,18-19H2,1-5H3. The maximum Gasteiger partial charge on any atom is 0.219 e. The van der Waals surface area contributed by atoms with Crippen molar-refractivity contribution in [1.29, 1.82) is 0 Å². The van der Waals surface area contributed by atoms with Crippen LogP contribution in [0.2, 0.25) is 10.0 Å². The first-order chi connectivity index (χ1) is 23.7. The molecule has 5 aromatic rings. The van der Waals surface area contributed by atoms with E-state index in [1.165, 1.54) is 0 Å². The highest BCUT2D eigenvalue weighted by molar-refractivity contribution is 6.39. The number of rotatable bonds is 11. The molecule has 6 rings (SSSR count). The van der Waals surface area contributed by atoms with Crippen LogP contribution in [0.25, 0.3) is 39.3 Å². The first kappa shape index (κ1) is 34.6. The smallest absolute Gasteiger partial charge is 0.219 e. The molecule has 1 saturated heterocycles. The third-order valence-electron chi connectivity index (χ3n) is 8.71. The lowest BCUT2D eigenvalue weighted by Crippen LogP contribution is -2.44. The monoisotopic (exact) mass is 702 g/mol. The van der Waals surface area contributed by atoms with Crippen molar-refractivity contribution >= 4 is 34.8 Å². The highest BCUT2D eigenvalue weighted by Gasteiger charge is 2.22. The summed E-state index contributed by atoms with van der Waals surface area (Å²) in [5, 5.41) is 12.6. The van der Waals surface area contributed by atoms with Crippen LogP contribution in [0, 0.1) is 0 Å². The van der Waals surface area contributed by atoms with Crippen LogP contribution in [0.3, 0.4) is 0 Å². The Labute approximate surface area is 296 Å². The highest BCUT2D eigenvalue weighted by Crippen LogP contribution is 2.42.